The molecule has 0 aromatic heterocycles. The van der Waals surface area contributed by atoms with Crippen LogP contribution in [-0.2, 0) is 12.8 Å². The number of benzene rings is 2. The Kier molecular flexibility index (Phi) is 8.39. The van der Waals surface area contributed by atoms with Crippen LogP contribution in [0.5, 0.6) is 0 Å². The van der Waals surface area contributed by atoms with Crippen molar-refractivity contribution in [3.05, 3.63) is 106 Å². The molecule has 2 aromatic carbocycles. The fraction of sp³-hybridized carbons (Fsp3) is 0.357. The normalized spacial score (nSPS) is 18.1. The van der Waals surface area contributed by atoms with Crippen molar-refractivity contribution in [1.82, 2.24) is 4.90 Å². The summed E-state index contributed by atoms with van der Waals surface area (Å²) in [5.41, 5.74) is 6.74. The molecule has 0 bridgehead atoms. The number of hydrogen-bond donors (Lipinski definition) is 0. The maximum Gasteiger partial charge on any atom is 0.0440 e. The van der Waals surface area contributed by atoms with Crippen LogP contribution in [0.15, 0.2) is 84.6 Å². The molecule has 2 aromatic rings. The van der Waals surface area contributed by atoms with Crippen LogP contribution in [0.3, 0.4) is 0 Å². The maximum absolute atomic E-state index is 6.46. The Morgan fingerprint density at radius 3 is 2.50 bits per heavy atom. The zero-order chi connectivity index (χ0) is 21.3. The van der Waals surface area contributed by atoms with E-state index in [1.807, 2.05) is 24.3 Å². The van der Waals surface area contributed by atoms with Crippen molar-refractivity contribution in [2.45, 2.75) is 46.0 Å². The van der Waals surface area contributed by atoms with Gasteiger partial charge in [0.2, 0.25) is 0 Å². The average molecular weight is 420 g/mol. The van der Waals surface area contributed by atoms with Gasteiger partial charge in [0, 0.05) is 29.7 Å². The summed E-state index contributed by atoms with van der Waals surface area (Å²) in [5.74, 6) is 0.522. The van der Waals surface area contributed by atoms with Crippen LogP contribution in [0.1, 0.15) is 42.9 Å². The van der Waals surface area contributed by atoms with Crippen molar-refractivity contribution in [1.29, 1.82) is 0 Å². The number of likely N-dealkylation sites (tertiary alicyclic amines) is 1. The summed E-state index contributed by atoms with van der Waals surface area (Å²) < 4.78 is 0. The van der Waals surface area contributed by atoms with Gasteiger partial charge < -0.3 is 4.90 Å². The number of halogens is 1. The highest BCUT2D eigenvalue weighted by atomic mass is 35.5. The maximum atomic E-state index is 6.46. The van der Waals surface area contributed by atoms with E-state index in [0.717, 1.165) is 31.0 Å². The second-order valence-corrected chi connectivity index (χ2v) is 8.65. The molecule has 0 amide bonds. The lowest BCUT2D eigenvalue weighted by Gasteiger charge is -2.23. The van der Waals surface area contributed by atoms with Gasteiger partial charge in [-0.25, -0.2) is 0 Å². The summed E-state index contributed by atoms with van der Waals surface area (Å²) >= 11 is 6.46. The Morgan fingerprint density at radius 1 is 1.07 bits per heavy atom. The minimum atomic E-state index is 0.522. The van der Waals surface area contributed by atoms with E-state index in [1.54, 1.807) is 0 Å². The van der Waals surface area contributed by atoms with E-state index in [-0.39, 0.29) is 0 Å². The Morgan fingerprint density at radius 2 is 1.87 bits per heavy atom. The highest BCUT2D eigenvalue weighted by Gasteiger charge is 2.27. The topological polar surface area (TPSA) is 3.24 Å². The molecule has 0 saturated carbocycles. The van der Waals surface area contributed by atoms with Gasteiger partial charge in [-0.3, -0.25) is 0 Å². The van der Waals surface area contributed by atoms with Gasteiger partial charge in [0.1, 0.15) is 0 Å². The fourth-order valence-electron chi connectivity index (χ4n) is 4.23. The summed E-state index contributed by atoms with van der Waals surface area (Å²) in [7, 11) is 0. The minimum absolute atomic E-state index is 0.522. The number of nitrogens with zero attached hydrogens (tertiary/aromatic N) is 1. The molecule has 1 nitrogen and oxygen atoms in total. The Balaban J connectivity index is 0.000000310. The molecule has 1 atom stereocenters. The smallest absolute Gasteiger partial charge is 0.0440 e. The third-order valence-electron chi connectivity index (χ3n) is 6.06. The number of rotatable bonds is 5. The fourth-order valence-corrected chi connectivity index (χ4v) is 4.50. The largest absolute Gasteiger partial charge is 0.371 e. The molecule has 1 saturated heterocycles. The predicted octanol–water partition coefficient (Wildman–Crippen LogP) is 7.55. The molecule has 1 aliphatic heterocycles. The molecule has 0 N–H and O–H groups in total. The molecule has 2 heteroatoms. The van der Waals surface area contributed by atoms with Crippen LogP contribution < -0.4 is 0 Å². The lowest BCUT2D eigenvalue weighted by Crippen LogP contribution is -2.21. The molecule has 30 heavy (non-hydrogen) atoms. The molecule has 1 unspecified atom stereocenters. The molecule has 0 spiro atoms. The zero-order valence-corrected chi connectivity index (χ0v) is 19.2. The van der Waals surface area contributed by atoms with E-state index in [4.69, 9.17) is 11.6 Å². The van der Waals surface area contributed by atoms with Gasteiger partial charge in [-0.05, 0) is 61.8 Å². The summed E-state index contributed by atoms with van der Waals surface area (Å²) in [6.07, 6.45) is 12.5. The molecule has 2 aliphatic rings. The standard InChI is InChI=1S/C21H26ClN.C7H8/c1-3-18-10-7-11-21(22)20(18)14-19-12-13-23(16(19)2)15-17-8-5-4-6-9-17;1-7-5-3-2-4-6-7/h5,7-11,19H,2-4,6,12-15H2,1H3;2-6H,1H3. The first-order valence-corrected chi connectivity index (χ1v) is 11.5. The van der Waals surface area contributed by atoms with E-state index in [2.05, 4.69) is 67.8 Å². The van der Waals surface area contributed by atoms with Crippen LogP contribution in [0, 0.1) is 12.8 Å². The molecule has 1 aliphatic carbocycles. The molecule has 1 fully saturated rings. The third kappa shape index (κ3) is 6.12. The molecule has 1 heterocycles. The monoisotopic (exact) mass is 419 g/mol. The van der Waals surface area contributed by atoms with Crippen molar-refractivity contribution in [3.8, 4) is 0 Å². The van der Waals surface area contributed by atoms with Crippen molar-refractivity contribution in [3.63, 3.8) is 0 Å². The van der Waals surface area contributed by atoms with E-state index in [9.17, 15) is 0 Å². The van der Waals surface area contributed by atoms with Crippen LogP contribution >= 0.6 is 11.6 Å². The second-order valence-electron chi connectivity index (χ2n) is 8.25. The molecule has 0 radical (unpaired) electrons. The van der Waals surface area contributed by atoms with Crippen LogP contribution in [0.2, 0.25) is 5.02 Å². The van der Waals surface area contributed by atoms with Gasteiger partial charge in [-0.1, -0.05) is 91.4 Å². The molecular formula is C28H34ClN. The minimum Gasteiger partial charge on any atom is -0.371 e. The van der Waals surface area contributed by atoms with Gasteiger partial charge in [-0.2, -0.15) is 0 Å². The number of aryl methyl sites for hydroxylation is 2. The first-order valence-electron chi connectivity index (χ1n) is 11.2. The second kappa shape index (κ2) is 11.2. The predicted molar refractivity (Wildman–Crippen MR) is 131 cm³/mol. The van der Waals surface area contributed by atoms with E-state index >= 15 is 0 Å². The van der Waals surface area contributed by atoms with Crippen molar-refractivity contribution >= 4 is 11.6 Å². The van der Waals surface area contributed by atoms with E-state index in [1.165, 1.54) is 47.2 Å². The summed E-state index contributed by atoms with van der Waals surface area (Å²) in [6.45, 7) is 10.8. The van der Waals surface area contributed by atoms with Crippen LogP contribution in [-0.4, -0.2) is 18.0 Å². The first kappa shape index (κ1) is 22.4. The zero-order valence-electron chi connectivity index (χ0n) is 18.4. The Bertz CT molecular complexity index is 894. The Hall–Kier alpha value is -2.25. The Labute approximate surface area is 187 Å². The van der Waals surface area contributed by atoms with Crippen LogP contribution in [0.25, 0.3) is 0 Å². The summed E-state index contributed by atoms with van der Waals surface area (Å²) in [6, 6.07) is 16.5. The van der Waals surface area contributed by atoms with Crippen molar-refractivity contribution in [2.75, 3.05) is 13.1 Å². The number of hydrogen-bond acceptors (Lipinski definition) is 1. The lowest BCUT2D eigenvalue weighted by atomic mass is 9.92. The van der Waals surface area contributed by atoms with Gasteiger partial charge in [0.25, 0.3) is 0 Å². The summed E-state index contributed by atoms with van der Waals surface area (Å²) in [4.78, 5) is 2.45. The lowest BCUT2D eigenvalue weighted by molar-refractivity contribution is 0.425. The van der Waals surface area contributed by atoms with Crippen LogP contribution in [0.4, 0.5) is 0 Å². The SMILES string of the molecule is C=C1C(Cc2c(Cl)cccc2CC)CCN1CC1=CCCC=C1.Cc1ccccc1. The highest BCUT2D eigenvalue weighted by Crippen LogP contribution is 2.34. The average Bonchev–Trinajstić information content (AvgIpc) is 3.10. The van der Waals surface area contributed by atoms with E-state index < -0.39 is 0 Å². The highest BCUT2D eigenvalue weighted by molar-refractivity contribution is 6.31. The first-order chi connectivity index (χ1) is 14.6. The van der Waals surface area contributed by atoms with E-state index in [0.29, 0.717) is 5.92 Å². The summed E-state index contributed by atoms with van der Waals surface area (Å²) in [5, 5.41) is 0.911. The molecular weight excluding hydrogens is 386 g/mol. The van der Waals surface area contributed by atoms with Gasteiger partial charge in [0.05, 0.1) is 0 Å². The quantitative estimate of drug-likeness (QED) is 0.483. The molecule has 158 valence electrons. The van der Waals surface area contributed by atoms with Gasteiger partial charge in [-0.15, -0.1) is 0 Å². The molecule has 4 rings (SSSR count). The van der Waals surface area contributed by atoms with Crippen molar-refractivity contribution in [2.24, 2.45) is 5.92 Å². The van der Waals surface area contributed by atoms with Gasteiger partial charge in [0.15, 0.2) is 0 Å². The number of allylic oxidation sites excluding steroid dienone is 3. The third-order valence-corrected chi connectivity index (χ3v) is 6.41. The van der Waals surface area contributed by atoms with Gasteiger partial charge >= 0.3 is 0 Å². The van der Waals surface area contributed by atoms with Crippen molar-refractivity contribution < 1.29 is 0 Å².